The maximum absolute atomic E-state index is 5.97. The lowest BCUT2D eigenvalue weighted by Gasteiger charge is -2.30. The molecule has 3 aromatic carbocycles. The van der Waals surface area contributed by atoms with Crippen molar-refractivity contribution in [3.63, 3.8) is 0 Å². The van der Waals surface area contributed by atoms with Gasteiger partial charge in [0, 0.05) is 51.7 Å². The molecule has 1 N–H and O–H groups in total. The fourth-order valence-electron chi connectivity index (χ4n) is 7.36. The zero-order chi connectivity index (χ0) is 29.3. The number of H-pyrrole nitrogens is 1. The smallest absolute Gasteiger partial charge is 0.132 e. The zero-order valence-corrected chi connectivity index (χ0v) is 25.3. The van der Waals surface area contributed by atoms with Gasteiger partial charge in [-0.3, -0.25) is 0 Å². The molecule has 0 amide bonds. The number of aromatic amines is 1. The van der Waals surface area contributed by atoms with Gasteiger partial charge in [-0.1, -0.05) is 26.0 Å². The highest BCUT2D eigenvalue weighted by Gasteiger charge is 2.50. The van der Waals surface area contributed by atoms with Crippen LogP contribution in [-0.2, 0) is 11.0 Å². The summed E-state index contributed by atoms with van der Waals surface area (Å²) in [5, 5.41) is 2.13. The van der Waals surface area contributed by atoms with E-state index in [0.717, 1.165) is 73.8 Å². The van der Waals surface area contributed by atoms with Gasteiger partial charge < -0.3 is 33.2 Å². The van der Waals surface area contributed by atoms with Crippen LogP contribution in [0.25, 0.3) is 32.9 Å². The van der Waals surface area contributed by atoms with Crippen LogP contribution in [0.4, 0.5) is 0 Å². The predicted octanol–water partition coefficient (Wildman–Crippen LogP) is 7.59. The fourth-order valence-corrected chi connectivity index (χ4v) is 7.36. The normalized spacial score (nSPS) is 17.6. The number of hydrogen-bond donors (Lipinski definition) is 1. The van der Waals surface area contributed by atoms with E-state index in [1.807, 2.05) is 30.3 Å². The Morgan fingerprint density at radius 2 is 1.29 bits per heavy atom. The molecule has 0 saturated carbocycles. The quantitative estimate of drug-likeness (QED) is 0.225. The van der Waals surface area contributed by atoms with E-state index >= 15 is 0 Å². The molecule has 0 spiro atoms. The summed E-state index contributed by atoms with van der Waals surface area (Å²) in [6, 6.07) is 16.3. The third kappa shape index (κ3) is 3.78. The molecule has 41 heavy (non-hydrogen) atoms. The molecule has 5 aromatic rings. The van der Waals surface area contributed by atoms with Crippen molar-refractivity contribution in [2.24, 2.45) is 0 Å². The number of fused-ring (bicyclic) bond motifs is 4. The van der Waals surface area contributed by atoms with E-state index in [9.17, 15) is 0 Å². The van der Waals surface area contributed by atoms with Crippen molar-refractivity contribution in [2.75, 3.05) is 35.5 Å². The molecule has 1 aliphatic rings. The lowest BCUT2D eigenvalue weighted by Crippen LogP contribution is -2.30. The molecule has 1 aliphatic heterocycles. The van der Waals surface area contributed by atoms with Gasteiger partial charge in [0.05, 0.1) is 57.8 Å². The first kappa shape index (κ1) is 26.9. The first-order valence-electron chi connectivity index (χ1n) is 13.8. The van der Waals surface area contributed by atoms with Gasteiger partial charge in [-0.05, 0) is 43.5 Å². The highest BCUT2D eigenvalue weighted by molar-refractivity contribution is 6.03. The highest BCUT2D eigenvalue weighted by Crippen LogP contribution is 2.57. The zero-order valence-electron chi connectivity index (χ0n) is 25.3. The Balaban J connectivity index is 1.75. The second-order valence-electron chi connectivity index (χ2n) is 11.7. The lowest BCUT2D eigenvalue weighted by atomic mass is 9.77. The van der Waals surface area contributed by atoms with Crippen LogP contribution >= 0.6 is 0 Å². The van der Waals surface area contributed by atoms with Crippen LogP contribution in [0.1, 0.15) is 44.1 Å². The highest BCUT2D eigenvalue weighted by atomic mass is 16.5. The first-order chi connectivity index (χ1) is 19.6. The predicted molar refractivity (Wildman–Crippen MR) is 164 cm³/mol. The van der Waals surface area contributed by atoms with Crippen molar-refractivity contribution in [1.29, 1.82) is 0 Å². The second kappa shape index (κ2) is 9.40. The van der Waals surface area contributed by atoms with Gasteiger partial charge in [0.15, 0.2) is 0 Å². The van der Waals surface area contributed by atoms with Gasteiger partial charge in [0.25, 0.3) is 0 Å². The molecule has 1 unspecified atom stereocenters. The summed E-state index contributed by atoms with van der Waals surface area (Å²) in [7, 11) is 8.49. The molecule has 6 rings (SSSR count). The first-order valence-corrected chi connectivity index (χ1v) is 13.8. The fraction of sp³-hybridized carbons (Fsp3) is 0.353. The summed E-state index contributed by atoms with van der Waals surface area (Å²) in [4.78, 5) is 3.86. The largest absolute Gasteiger partial charge is 0.497 e. The molecular weight excluding hydrogens is 516 g/mol. The standard InChI is InChI=1S/C34H38N2O5/c1-19-28-25(15-23(39-7)17-26(28)40-8)36-32(19)33(2,3)18-34(36,4)31-29(20-10-12-21(37-5)13-11-20)30-24(35-31)14-22(38-6)16-27(30)41-9/h10-17,35H,18H2,1-9H3. The number of rotatable bonds is 7. The maximum atomic E-state index is 5.97. The number of nitrogens with zero attached hydrogens (tertiary/aromatic N) is 1. The van der Waals surface area contributed by atoms with Crippen molar-refractivity contribution < 1.29 is 23.7 Å². The summed E-state index contributed by atoms with van der Waals surface area (Å²) in [5.74, 6) is 3.88. The van der Waals surface area contributed by atoms with Crippen LogP contribution in [0.2, 0.25) is 0 Å². The lowest BCUT2D eigenvalue weighted by molar-refractivity contribution is 0.364. The number of benzene rings is 3. The summed E-state index contributed by atoms with van der Waals surface area (Å²) in [5.41, 5.74) is 7.29. The van der Waals surface area contributed by atoms with Crippen molar-refractivity contribution in [2.45, 2.75) is 45.1 Å². The van der Waals surface area contributed by atoms with Crippen LogP contribution in [0.3, 0.4) is 0 Å². The number of aromatic nitrogens is 2. The third-order valence-corrected chi connectivity index (χ3v) is 8.83. The molecule has 7 heteroatoms. The molecule has 0 radical (unpaired) electrons. The summed E-state index contributed by atoms with van der Waals surface area (Å²) in [6.45, 7) is 9.20. The van der Waals surface area contributed by atoms with Gasteiger partial charge in [-0.25, -0.2) is 0 Å². The van der Waals surface area contributed by atoms with Crippen LogP contribution in [0.15, 0.2) is 48.5 Å². The van der Waals surface area contributed by atoms with Gasteiger partial charge in [0.1, 0.15) is 28.7 Å². The molecule has 0 saturated heterocycles. The number of hydrogen-bond acceptors (Lipinski definition) is 5. The van der Waals surface area contributed by atoms with E-state index in [4.69, 9.17) is 23.7 Å². The molecule has 214 valence electrons. The SMILES string of the molecule is COc1ccc(-c2c(C3(C)CC(C)(C)c4c(C)c5c(OC)cc(OC)cc5n43)[nH]c3cc(OC)cc(OC)c23)cc1. The minimum Gasteiger partial charge on any atom is -0.497 e. The number of aryl methyl sites for hydroxylation is 1. The van der Waals surface area contributed by atoms with Crippen molar-refractivity contribution >= 4 is 21.8 Å². The van der Waals surface area contributed by atoms with Gasteiger partial charge in [-0.2, -0.15) is 0 Å². The van der Waals surface area contributed by atoms with Crippen LogP contribution in [0, 0.1) is 6.92 Å². The molecule has 1 atom stereocenters. The average molecular weight is 555 g/mol. The van der Waals surface area contributed by atoms with E-state index in [1.165, 1.54) is 11.3 Å². The van der Waals surface area contributed by atoms with E-state index in [-0.39, 0.29) is 5.41 Å². The average Bonchev–Trinajstić information content (AvgIpc) is 3.59. The summed E-state index contributed by atoms with van der Waals surface area (Å²) in [6.07, 6.45) is 0.890. The molecule has 3 heterocycles. The molecule has 0 bridgehead atoms. The van der Waals surface area contributed by atoms with Crippen molar-refractivity contribution in [3.8, 4) is 39.9 Å². The number of methoxy groups -OCH3 is 5. The second-order valence-corrected chi connectivity index (χ2v) is 11.7. The molecule has 0 aliphatic carbocycles. The Hall–Kier alpha value is -4.26. The monoisotopic (exact) mass is 554 g/mol. The van der Waals surface area contributed by atoms with Crippen molar-refractivity contribution in [1.82, 2.24) is 9.55 Å². The summed E-state index contributed by atoms with van der Waals surface area (Å²) < 4.78 is 31.3. The third-order valence-electron chi connectivity index (χ3n) is 8.83. The molecule has 0 fully saturated rings. The van der Waals surface area contributed by atoms with Crippen LogP contribution in [0.5, 0.6) is 28.7 Å². The van der Waals surface area contributed by atoms with Crippen LogP contribution < -0.4 is 23.7 Å². The number of ether oxygens (including phenoxy) is 5. The van der Waals surface area contributed by atoms with Gasteiger partial charge in [0.2, 0.25) is 0 Å². The molecule has 7 nitrogen and oxygen atoms in total. The van der Waals surface area contributed by atoms with E-state index in [0.29, 0.717) is 0 Å². The number of nitrogens with one attached hydrogen (secondary N) is 1. The van der Waals surface area contributed by atoms with E-state index in [2.05, 4.69) is 55.4 Å². The Morgan fingerprint density at radius 1 is 0.707 bits per heavy atom. The van der Waals surface area contributed by atoms with E-state index < -0.39 is 5.54 Å². The Bertz CT molecular complexity index is 1790. The van der Waals surface area contributed by atoms with Crippen molar-refractivity contribution in [3.05, 3.63) is 65.5 Å². The summed E-state index contributed by atoms with van der Waals surface area (Å²) >= 11 is 0. The Labute approximate surface area is 240 Å². The minimum absolute atomic E-state index is 0.119. The minimum atomic E-state index is -0.449. The van der Waals surface area contributed by atoms with Gasteiger partial charge in [-0.15, -0.1) is 0 Å². The van der Waals surface area contributed by atoms with Gasteiger partial charge >= 0.3 is 0 Å². The Kier molecular flexibility index (Phi) is 6.18. The Morgan fingerprint density at radius 3 is 1.88 bits per heavy atom. The van der Waals surface area contributed by atoms with Crippen LogP contribution in [-0.4, -0.2) is 45.1 Å². The maximum Gasteiger partial charge on any atom is 0.132 e. The topological polar surface area (TPSA) is 66.9 Å². The molecule has 2 aromatic heterocycles. The molecular formula is C34H38N2O5. The van der Waals surface area contributed by atoms with E-state index in [1.54, 1.807) is 35.5 Å².